The number of esters is 2. The van der Waals surface area contributed by atoms with Crippen molar-refractivity contribution in [3.8, 4) is 0 Å². The first kappa shape index (κ1) is 21.2. The lowest BCUT2D eigenvalue weighted by Crippen LogP contribution is -2.64. The number of ether oxygens (including phenoxy) is 2. The molecule has 0 aromatic carbocycles. The van der Waals surface area contributed by atoms with E-state index in [-0.39, 0.29) is 11.5 Å². The maximum absolute atomic E-state index is 12.6. The summed E-state index contributed by atoms with van der Waals surface area (Å²) in [4.78, 5) is 29.2. The van der Waals surface area contributed by atoms with Gasteiger partial charge in [0.2, 0.25) is 0 Å². The average Bonchev–Trinajstić information content (AvgIpc) is 2.37. The molecule has 0 bridgehead atoms. The van der Waals surface area contributed by atoms with E-state index in [4.69, 9.17) is 20.9 Å². The van der Waals surface area contributed by atoms with Gasteiger partial charge in [-0.1, -0.05) is 0 Å². The third-order valence-electron chi connectivity index (χ3n) is 2.64. The molecule has 5 N–H and O–H groups in total. The first-order chi connectivity index (χ1) is 11.1. The number of rotatable bonds is 4. The van der Waals surface area contributed by atoms with Gasteiger partial charge in [-0.3, -0.25) is 5.73 Å². The van der Waals surface area contributed by atoms with Gasteiger partial charge in [0, 0.05) is 10.7 Å². The Morgan fingerprint density at radius 3 is 1.88 bits per heavy atom. The minimum atomic E-state index is -2.31. The Bertz CT molecular complexity index is 637. The van der Waals surface area contributed by atoms with Gasteiger partial charge in [-0.25, -0.2) is 14.6 Å². The maximum Gasteiger partial charge on any atom is 0.359 e. The molecule has 0 saturated carbocycles. The zero-order chi connectivity index (χ0) is 19.6. The van der Waals surface area contributed by atoms with Crippen molar-refractivity contribution in [2.24, 2.45) is 5.73 Å². The fourth-order valence-corrected chi connectivity index (χ4v) is 2.00. The standard InChI is InChI=1S/C16H25BrN4O4/c1-14(2,3)24-12(22)16(19,13(23)25-15(4,5)6)21-11-10(18)7-9(17)8-20-11/h7-8H,18-19H2,1-6H3,(H,20,21). The van der Waals surface area contributed by atoms with Crippen molar-refractivity contribution in [1.82, 2.24) is 4.98 Å². The predicted molar refractivity (Wildman–Crippen MR) is 98.6 cm³/mol. The molecule has 0 fully saturated rings. The molecule has 0 radical (unpaired) electrons. The molecule has 1 aromatic heterocycles. The van der Waals surface area contributed by atoms with Gasteiger partial charge in [0.15, 0.2) is 5.82 Å². The fourth-order valence-electron chi connectivity index (χ4n) is 1.65. The number of nitrogens with two attached hydrogens (primary N) is 2. The molecule has 1 rings (SSSR count). The quantitative estimate of drug-likeness (QED) is 0.386. The smallest absolute Gasteiger partial charge is 0.359 e. The SMILES string of the molecule is CC(C)(C)OC(=O)C(N)(Nc1ncc(Br)cc1N)C(=O)OC(C)(C)C. The lowest BCUT2D eigenvalue weighted by molar-refractivity contribution is -0.175. The van der Waals surface area contributed by atoms with Crippen LogP contribution in [0.2, 0.25) is 0 Å². The number of nitrogens with zero attached hydrogens (tertiary/aromatic N) is 1. The number of halogens is 1. The number of hydrogen-bond acceptors (Lipinski definition) is 8. The molecule has 0 spiro atoms. The van der Waals surface area contributed by atoms with E-state index in [0.29, 0.717) is 4.47 Å². The largest absolute Gasteiger partial charge is 0.457 e. The van der Waals surface area contributed by atoms with E-state index in [9.17, 15) is 9.59 Å². The summed E-state index contributed by atoms with van der Waals surface area (Å²) in [6, 6.07) is 1.56. The molecular weight excluding hydrogens is 392 g/mol. The van der Waals surface area contributed by atoms with E-state index in [1.165, 1.54) is 6.20 Å². The number of pyridine rings is 1. The Morgan fingerprint density at radius 2 is 1.52 bits per heavy atom. The summed E-state index contributed by atoms with van der Waals surface area (Å²) in [5, 5.41) is 2.57. The first-order valence-corrected chi connectivity index (χ1v) is 8.38. The highest BCUT2D eigenvalue weighted by atomic mass is 79.9. The van der Waals surface area contributed by atoms with Gasteiger partial charge < -0.3 is 20.5 Å². The first-order valence-electron chi connectivity index (χ1n) is 7.59. The summed E-state index contributed by atoms with van der Waals surface area (Å²) < 4.78 is 11.2. The molecule has 0 atom stereocenters. The van der Waals surface area contributed by atoms with Crippen molar-refractivity contribution >= 4 is 39.4 Å². The lowest BCUT2D eigenvalue weighted by atomic mass is 10.1. The van der Waals surface area contributed by atoms with Gasteiger partial charge >= 0.3 is 11.9 Å². The van der Waals surface area contributed by atoms with Crippen molar-refractivity contribution in [2.75, 3.05) is 11.1 Å². The number of nitrogens with one attached hydrogen (secondary N) is 1. The number of anilines is 2. The highest BCUT2D eigenvalue weighted by Gasteiger charge is 2.49. The molecule has 9 heteroatoms. The van der Waals surface area contributed by atoms with E-state index >= 15 is 0 Å². The van der Waals surface area contributed by atoms with Gasteiger partial charge in [-0.2, -0.15) is 0 Å². The van der Waals surface area contributed by atoms with Gasteiger partial charge in [-0.15, -0.1) is 0 Å². The van der Waals surface area contributed by atoms with Gasteiger partial charge in [0.05, 0.1) is 5.69 Å². The highest BCUT2D eigenvalue weighted by Crippen LogP contribution is 2.25. The molecule has 0 unspecified atom stereocenters. The second-order valence-corrected chi connectivity index (χ2v) is 8.44. The molecule has 140 valence electrons. The number of hydrogen-bond donors (Lipinski definition) is 3. The van der Waals surface area contributed by atoms with Gasteiger partial charge in [0.25, 0.3) is 5.66 Å². The zero-order valence-corrected chi connectivity index (χ0v) is 16.9. The molecule has 0 aliphatic carbocycles. The number of nitrogen functional groups attached to an aromatic ring is 1. The fraction of sp³-hybridized carbons (Fsp3) is 0.562. The van der Waals surface area contributed by atoms with E-state index in [0.717, 1.165) is 0 Å². The third-order valence-corrected chi connectivity index (χ3v) is 3.07. The summed E-state index contributed by atoms with van der Waals surface area (Å²) in [7, 11) is 0. The van der Waals surface area contributed by atoms with Crippen LogP contribution in [-0.2, 0) is 19.1 Å². The van der Waals surface area contributed by atoms with Crippen LogP contribution in [0, 0.1) is 0 Å². The third kappa shape index (κ3) is 6.17. The topological polar surface area (TPSA) is 130 Å². The molecule has 25 heavy (non-hydrogen) atoms. The predicted octanol–water partition coefficient (Wildman–Crippen LogP) is 2.18. The summed E-state index contributed by atoms with van der Waals surface area (Å²) >= 11 is 3.23. The van der Waals surface area contributed by atoms with Gasteiger partial charge in [0.1, 0.15) is 11.2 Å². The molecule has 0 aliphatic heterocycles. The van der Waals surface area contributed by atoms with Crippen molar-refractivity contribution < 1.29 is 19.1 Å². The molecule has 0 aliphatic rings. The van der Waals surface area contributed by atoms with Crippen molar-refractivity contribution in [3.63, 3.8) is 0 Å². The van der Waals surface area contributed by atoms with Crippen LogP contribution >= 0.6 is 15.9 Å². The Balaban J connectivity index is 3.26. The van der Waals surface area contributed by atoms with Crippen LogP contribution in [0.3, 0.4) is 0 Å². The van der Waals surface area contributed by atoms with Crippen molar-refractivity contribution in [2.45, 2.75) is 58.4 Å². The van der Waals surface area contributed by atoms with Gasteiger partial charge in [-0.05, 0) is 63.5 Å². The van der Waals surface area contributed by atoms with Crippen LogP contribution in [-0.4, -0.2) is 33.8 Å². The van der Waals surface area contributed by atoms with E-state index in [1.807, 2.05) is 0 Å². The van der Waals surface area contributed by atoms with Crippen LogP contribution in [0.25, 0.3) is 0 Å². The second-order valence-electron chi connectivity index (χ2n) is 7.53. The minimum absolute atomic E-state index is 0.0578. The highest BCUT2D eigenvalue weighted by molar-refractivity contribution is 9.10. The second kappa shape index (κ2) is 7.17. The molecule has 1 heterocycles. The molecule has 0 amide bonds. The zero-order valence-electron chi connectivity index (χ0n) is 15.3. The van der Waals surface area contributed by atoms with E-state index in [2.05, 4.69) is 26.2 Å². The van der Waals surface area contributed by atoms with Crippen molar-refractivity contribution in [1.29, 1.82) is 0 Å². The summed E-state index contributed by atoms with van der Waals surface area (Å²) in [5.41, 5.74) is 8.11. The van der Waals surface area contributed by atoms with Crippen LogP contribution < -0.4 is 16.8 Å². The molecule has 8 nitrogen and oxygen atoms in total. The van der Waals surface area contributed by atoms with E-state index in [1.54, 1.807) is 47.6 Å². The number of carbonyl (C=O) groups is 2. The van der Waals surface area contributed by atoms with Crippen LogP contribution in [0.5, 0.6) is 0 Å². The van der Waals surface area contributed by atoms with Crippen LogP contribution in [0.15, 0.2) is 16.7 Å². The Morgan fingerprint density at radius 1 is 1.08 bits per heavy atom. The average molecular weight is 417 g/mol. The van der Waals surface area contributed by atoms with E-state index < -0.39 is 28.8 Å². The number of carbonyl (C=O) groups excluding carboxylic acids is 2. The molecule has 1 aromatic rings. The Kier molecular flexibility index (Phi) is 6.07. The summed E-state index contributed by atoms with van der Waals surface area (Å²) in [6.07, 6.45) is 1.45. The summed E-state index contributed by atoms with van der Waals surface area (Å²) in [6.45, 7) is 9.96. The maximum atomic E-state index is 12.6. The monoisotopic (exact) mass is 416 g/mol. The van der Waals surface area contributed by atoms with Crippen LogP contribution in [0.1, 0.15) is 41.5 Å². The normalized spacial score (nSPS) is 12.5. The van der Waals surface area contributed by atoms with Crippen LogP contribution in [0.4, 0.5) is 11.5 Å². The number of aromatic nitrogens is 1. The molecule has 0 saturated heterocycles. The summed E-state index contributed by atoms with van der Waals surface area (Å²) in [5.74, 6) is -1.95. The van der Waals surface area contributed by atoms with Crippen molar-refractivity contribution in [3.05, 3.63) is 16.7 Å². The minimum Gasteiger partial charge on any atom is -0.457 e. The molecular formula is C16H25BrN4O4. The Labute approximate surface area is 155 Å². The lowest BCUT2D eigenvalue weighted by Gasteiger charge is -2.33. The Hall–Kier alpha value is -1.87.